The van der Waals surface area contributed by atoms with Gasteiger partial charge in [0, 0.05) is 6.54 Å². The maximum absolute atomic E-state index is 12.1. The summed E-state index contributed by atoms with van der Waals surface area (Å²) in [7, 11) is 1.26. The van der Waals surface area contributed by atoms with Crippen molar-refractivity contribution in [2.75, 3.05) is 19.0 Å². The van der Waals surface area contributed by atoms with Crippen molar-refractivity contribution in [3.05, 3.63) is 29.8 Å². The van der Waals surface area contributed by atoms with Crippen LogP contribution in [0.2, 0.25) is 0 Å². The van der Waals surface area contributed by atoms with Crippen LogP contribution in [0.4, 0.5) is 5.69 Å². The summed E-state index contributed by atoms with van der Waals surface area (Å²) in [6.07, 6.45) is -0.177. The zero-order chi connectivity index (χ0) is 16.8. The lowest BCUT2D eigenvalue weighted by molar-refractivity contribution is -0.140. The van der Waals surface area contributed by atoms with E-state index in [2.05, 4.69) is 20.7 Å². The third-order valence-corrected chi connectivity index (χ3v) is 3.32. The highest BCUT2D eigenvalue weighted by atomic mass is 16.5. The van der Waals surface area contributed by atoms with Gasteiger partial charge < -0.3 is 20.7 Å². The number of carbonyl (C=O) groups is 4. The first kappa shape index (κ1) is 16.5. The Morgan fingerprint density at radius 1 is 1.26 bits per heavy atom. The number of hydrogen-bond donors (Lipinski definition) is 3. The van der Waals surface area contributed by atoms with Gasteiger partial charge in [-0.05, 0) is 12.1 Å². The molecule has 1 heterocycles. The Labute approximate surface area is 132 Å². The quantitative estimate of drug-likeness (QED) is 0.651. The number of anilines is 1. The fourth-order valence-corrected chi connectivity index (χ4v) is 2.12. The van der Waals surface area contributed by atoms with Crippen LogP contribution < -0.4 is 16.0 Å². The molecule has 0 aliphatic carbocycles. The number of amides is 3. The molecule has 0 aromatic heterocycles. The fraction of sp³-hybridized carbons (Fsp3) is 0.333. The highest BCUT2D eigenvalue weighted by molar-refractivity contribution is 6.10. The number of methoxy groups -OCH3 is 1. The van der Waals surface area contributed by atoms with Gasteiger partial charge >= 0.3 is 5.97 Å². The van der Waals surface area contributed by atoms with E-state index in [0.29, 0.717) is 11.3 Å². The summed E-state index contributed by atoms with van der Waals surface area (Å²) in [6, 6.07) is 5.61. The zero-order valence-electron chi connectivity index (χ0n) is 12.5. The molecule has 3 N–H and O–H groups in total. The molecule has 0 fully saturated rings. The van der Waals surface area contributed by atoms with Gasteiger partial charge in [-0.2, -0.15) is 0 Å². The number of hydrogen-bond acceptors (Lipinski definition) is 5. The molecule has 0 saturated carbocycles. The van der Waals surface area contributed by atoms with E-state index in [4.69, 9.17) is 0 Å². The molecule has 3 amide bonds. The average Bonchev–Trinajstić information content (AvgIpc) is 2.64. The van der Waals surface area contributed by atoms with Crippen LogP contribution in [0.1, 0.15) is 23.2 Å². The summed E-state index contributed by atoms with van der Waals surface area (Å²) < 4.78 is 4.45. The third-order valence-electron chi connectivity index (χ3n) is 3.32. The van der Waals surface area contributed by atoms with Crippen molar-refractivity contribution in [1.29, 1.82) is 0 Å². The number of esters is 1. The first-order valence-corrected chi connectivity index (χ1v) is 7.05. The SMILES string of the molecule is COC(=O)CCNC(=O)C[C@H]1NC(=O)c2ccccc2NC1=O. The lowest BCUT2D eigenvalue weighted by Crippen LogP contribution is -2.44. The van der Waals surface area contributed by atoms with Gasteiger partial charge in [-0.1, -0.05) is 12.1 Å². The van der Waals surface area contributed by atoms with E-state index in [-0.39, 0.29) is 19.4 Å². The van der Waals surface area contributed by atoms with Gasteiger partial charge in [0.1, 0.15) is 6.04 Å². The monoisotopic (exact) mass is 319 g/mol. The highest BCUT2D eigenvalue weighted by Crippen LogP contribution is 2.18. The molecule has 1 atom stereocenters. The molecule has 2 rings (SSSR count). The van der Waals surface area contributed by atoms with Crippen molar-refractivity contribution in [2.45, 2.75) is 18.9 Å². The molecule has 0 unspecified atom stereocenters. The van der Waals surface area contributed by atoms with Crippen LogP contribution in [0.5, 0.6) is 0 Å². The number of ether oxygens (including phenoxy) is 1. The number of benzene rings is 1. The number of carbonyl (C=O) groups excluding carboxylic acids is 4. The predicted molar refractivity (Wildman–Crippen MR) is 80.6 cm³/mol. The molecule has 23 heavy (non-hydrogen) atoms. The standard InChI is InChI=1S/C15H17N3O5/c1-23-13(20)6-7-16-12(19)8-11-15(22)17-10-5-3-2-4-9(10)14(21)18-11/h2-5,11H,6-8H2,1H3,(H,16,19)(H,17,22)(H,18,21)/t11-/m1/s1. The normalized spacial score (nSPS) is 16.5. The first-order valence-electron chi connectivity index (χ1n) is 7.05. The summed E-state index contributed by atoms with van der Waals surface area (Å²) in [4.78, 5) is 47.0. The predicted octanol–water partition coefficient (Wildman–Crippen LogP) is -0.193. The molecule has 122 valence electrons. The molecule has 0 bridgehead atoms. The second kappa shape index (κ2) is 7.39. The van der Waals surface area contributed by atoms with E-state index in [0.717, 1.165) is 0 Å². The van der Waals surface area contributed by atoms with Crippen LogP contribution in [0.15, 0.2) is 24.3 Å². The third kappa shape index (κ3) is 4.29. The maximum Gasteiger partial charge on any atom is 0.307 e. The van der Waals surface area contributed by atoms with Crippen molar-refractivity contribution in [2.24, 2.45) is 0 Å². The summed E-state index contributed by atoms with van der Waals surface area (Å²) in [6.45, 7) is 0.105. The Kier molecular flexibility index (Phi) is 5.29. The molecule has 8 heteroatoms. The van der Waals surface area contributed by atoms with Gasteiger partial charge in [-0.15, -0.1) is 0 Å². The molecular formula is C15H17N3O5. The minimum Gasteiger partial charge on any atom is -0.469 e. The second-order valence-corrected chi connectivity index (χ2v) is 4.94. The van der Waals surface area contributed by atoms with Crippen molar-refractivity contribution in [3.63, 3.8) is 0 Å². The Morgan fingerprint density at radius 2 is 2.00 bits per heavy atom. The van der Waals surface area contributed by atoms with Crippen molar-refractivity contribution >= 4 is 29.4 Å². The van der Waals surface area contributed by atoms with Gasteiger partial charge in [0.25, 0.3) is 5.91 Å². The molecule has 1 aliphatic heterocycles. The van der Waals surface area contributed by atoms with E-state index >= 15 is 0 Å². The van der Waals surface area contributed by atoms with Crippen LogP contribution in [0.25, 0.3) is 0 Å². The fourth-order valence-electron chi connectivity index (χ4n) is 2.12. The van der Waals surface area contributed by atoms with Gasteiger partial charge in [0.15, 0.2) is 0 Å². The van der Waals surface area contributed by atoms with Crippen molar-refractivity contribution < 1.29 is 23.9 Å². The molecule has 1 aromatic rings. The van der Waals surface area contributed by atoms with Gasteiger partial charge in [0.2, 0.25) is 11.8 Å². The lowest BCUT2D eigenvalue weighted by Gasteiger charge is -2.14. The molecule has 1 aliphatic rings. The van der Waals surface area contributed by atoms with Crippen LogP contribution in [-0.2, 0) is 19.1 Å². The number of para-hydroxylation sites is 1. The number of rotatable bonds is 5. The van der Waals surface area contributed by atoms with Crippen LogP contribution >= 0.6 is 0 Å². The smallest absolute Gasteiger partial charge is 0.307 e. The Hall–Kier alpha value is -2.90. The van der Waals surface area contributed by atoms with Crippen LogP contribution in [0, 0.1) is 0 Å². The van der Waals surface area contributed by atoms with Gasteiger partial charge in [0.05, 0.1) is 31.2 Å². The molecular weight excluding hydrogens is 302 g/mol. The summed E-state index contributed by atoms with van der Waals surface area (Å²) in [5.74, 6) is -1.78. The van der Waals surface area contributed by atoms with Crippen LogP contribution in [0.3, 0.4) is 0 Å². The van der Waals surface area contributed by atoms with Crippen molar-refractivity contribution in [1.82, 2.24) is 10.6 Å². The zero-order valence-corrected chi connectivity index (χ0v) is 12.5. The molecule has 0 spiro atoms. The number of nitrogens with one attached hydrogen (secondary N) is 3. The molecule has 1 aromatic carbocycles. The summed E-state index contributed by atoms with van der Waals surface area (Å²) in [5, 5.41) is 7.64. The minimum atomic E-state index is -0.979. The van der Waals surface area contributed by atoms with E-state index in [1.165, 1.54) is 7.11 Å². The van der Waals surface area contributed by atoms with E-state index in [1.54, 1.807) is 24.3 Å². The maximum atomic E-state index is 12.1. The molecule has 0 saturated heterocycles. The van der Waals surface area contributed by atoms with Gasteiger partial charge in [-0.25, -0.2) is 0 Å². The average molecular weight is 319 g/mol. The Balaban J connectivity index is 1.94. The lowest BCUT2D eigenvalue weighted by atomic mass is 10.1. The second-order valence-electron chi connectivity index (χ2n) is 4.94. The minimum absolute atomic E-state index is 0.0386. The van der Waals surface area contributed by atoms with E-state index < -0.39 is 29.7 Å². The van der Waals surface area contributed by atoms with E-state index in [9.17, 15) is 19.2 Å². The largest absolute Gasteiger partial charge is 0.469 e. The molecule has 8 nitrogen and oxygen atoms in total. The topological polar surface area (TPSA) is 114 Å². The van der Waals surface area contributed by atoms with Gasteiger partial charge in [-0.3, -0.25) is 19.2 Å². The number of fused-ring (bicyclic) bond motifs is 1. The summed E-state index contributed by atoms with van der Waals surface area (Å²) in [5.41, 5.74) is 0.748. The first-order chi connectivity index (χ1) is 11.0. The Morgan fingerprint density at radius 3 is 2.74 bits per heavy atom. The Bertz CT molecular complexity index is 644. The van der Waals surface area contributed by atoms with Crippen molar-refractivity contribution in [3.8, 4) is 0 Å². The molecule has 0 radical (unpaired) electrons. The van der Waals surface area contributed by atoms with E-state index in [1.807, 2.05) is 0 Å². The summed E-state index contributed by atoms with van der Waals surface area (Å²) >= 11 is 0. The van der Waals surface area contributed by atoms with Crippen LogP contribution in [-0.4, -0.2) is 43.4 Å². The highest BCUT2D eigenvalue weighted by Gasteiger charge is 2.29.